The van der Waals surface area contributed by atoms with Gasteiger partial charge in [0, 0.05) is 101 Å². The minimum atomic E-state index is -0.853. The molecule has 342 valence electrons. The zero-order valence-electron chi connectivity index (χ0n) is 34.7. The van der Waals surface area contributed by atoms with Crippen LogP contribution in [0.3, 0.4) is 0 Å². The number of nitrogens with one attached hydrogen (secondary N) is 1. The molecule has 28 heteroatoms. The molecular formula is C34H50N12O13S3. The first-order valence-electron chi connectivity index (χ1n) is 19.0. The number of amides is 4. The summed E-state index contributed by atoms with van der Waals surface area (Å²) in [6.07, 6.45) is -1.77. The van der Waals surface area contributed by atoms with Crippen molar-refractivity contribution in [3.8, 4) is 0 Å². The molecule has 0 aromatic carbocycles. The van der Waals surface area contributed by atoms with Crippen LogP contribution in [-0.4, -0.2) is 179 Å². The van der Waals surface area contributed by atoms with Gasteiger partial charge in [-0.2, -0.15) is 4.98 Å². The number of carbonyl (C=O) groups is 4. The average molecular weight is 931 g/mol. The predicted molar refractivity (Wildman–Crippen MR) is 228 cm³/mol. The third-order valence-electron chi connectivity index (χ3n) is 9.13. The number of aromatic nitrogens is 4. The first-order chi connectivity index (χ1) is 29.6. The number of anilines is 1. The molecule has 2 fully saturated rings. The Balaban J connectivity index is 1.00. The van der Waals surface area contributed by atoms with Gasteiger partial charge in [0.1, 0.15) is 56.2 Å². The van der Waals surface area contributed by atoms with E-state index in [1.54, 1.807) is 7.05 Å². The van der Waals surface area contributed by atoms with E-state index in [9.17, 15) is 33.6 Å². The Labute approximate surface area is 366 Å². The summed E-state index contributed by atoms with van der Waals surface area (Å²) in [5, 5.41) is 3.71. The zero-order valence-corrected chi connectivity index (χ0v) is 37.1. The quantitative estimate of drug-likeness (QED) is 0.0478. The highest BCUT2D eigenvalue weighted by Crippen LogP contribution is 2.32. The number of thioether (sulfide) groups is 1. The summed E-state index contributed by atoms with van der Waals surface area (Å²) in [6.45, 7) is 2.10. The summed E-state index contributed by atoms with van der Waals surface area (Å²) in [6, 6.07) is 0.753. The standard InChI is InChI=1S/C34H50N12O13S3/c1-21-17-46(30(49)38-28(21)47)25-16-22(39-40-36)23(58-25)18-56-33(52)43(4)10-8-41(2)31(50)54-12-14-61-62-15-13-55-32(51)42(3)9-11-44(5)34(53)57-19-27-59-26(20-60-27)45-7-6-24(35)37-29(45)48/h6-7,17,22-23,25-27H,8-16,18-20H2,1-5H3,(H2,35,37,48)(H,38,47,49). The molecule has 0 spiro atoms. The Morgan fingerprint density at radius 3 is 1.98 bits per heavy atom. The topological polar surface area (TPSA) is 301 Å². The Morgan fingerprint density at radius 1 is 0.887 bits per heavy atom. The molecule has 5 unspecified atom stereocenters. The number of H-pyrrole nitrogens is 1. The third kappa shape index (κ3) is 15.0. The molecular weight excluding hydrogens is 881 g/mol. The second-order valence-electron chi connectivity index (χ2n) is 13.7. The second kappa shape index (κ2) is 24.4. The van der Waals surface area contributed by atoms with Crippen molar-refractivity contribution in [3.63, 3.8) is 0 Å². The lowest BCUT2D eigenvalue weighted by molar-refractivity contribution is -0.0343. The fraction of sp³-hybridized carbons (Fsp3) is 0.647. The summed E-state index contributed by atoms with van der Waals surface area (Å²) in [7, 11) is 8.94. The molecule has 4 amide bonds. The van der Waals surface area contributed by atoms with E-state index < -0.39 is 71.3 Å². The maximum Gasteiger partial charge on any atom is 0.409 e. The van der Waals surface area contributed by atoms with E-state index in [0.29, 0.717) is 17.3 Å². The number of nitrogens with zero attached hydrogens (tertiary/aromatic N) is 10. The number of carbonyl (C=O) groups excluding carboxylic acids is 4. The molecule has 0 aliphatic carbocycles. The van der Waals surface area contributed by atoms with Gasteiger partial charge in [-0.05, 0) is 18.5 Å². The molecule has 0 radical (unpaired) electrons. The molecule has 4 heterocycles. The van der Waals surface area contributed by atoms with Crippen LogP contribution in [0.25, 0.3) is 10.4 Å². The Kier molecular flexibility index (Phi) is 19.4. The molecule has 2 aliphatic rings. The maximum absolute atomic E-state index is 12.7. The van der Waals surface area contributed by atoms with Crippen LogP contribution in [0.1, 0.15) is 24.4 Å². The van der Waals surface area contributed by atoms with Crippen molar-refractivity contribution in [3.05, 3.63) is 65.8 Å². The van der Waals surface area contributed by atoms with Crippen molar-refractivity contribution < 1.29 is 47.6 Å². The molecule has 2 saturated heterocycles. The number of aromatic amines is 1. The molecule has 2 aliphatic heterocycles. The molecule has 2 aromatic rings. The van der Waals surface area contributed by atoms with Gasteiger partial charge in [0.15, 0.2) is 0 Å². The molecule has 2 aromatic heterocycles. The van der Waals surface area contributed by atoms with Gasteiger partial charge in [-0.25, -0.2) is 28.8 Å². The molecule has 4 rings (SSSR count). The van der Waals surface area contributed by atoms with Gasteiger partial charge in [-0.1, -0.05) is 26.7 Å². The van der Waals surface area contributed by atoms with Crippen LogP contribution in [0, 0.1) is 6.92 Å². The highest BCUT2D eigenvalue weighted by atomic mass is 33.1. The van der Waals surface area contributed by atoms with Gasteiger partial charge in [-0.15, -0.1) is 11.8 Å². The number of ether oxygens (including phenoxy) is 6. The number of nitrogens with two attached hydrogens (primary N) is 1. The minimum Gasteiger partial charge on any atom is -0.449 e. The normalized spacial score (nSPS) is 19.2. The Hall–Kier alpha value is -5.28. The van der Waals surface area contributed by atoms with Crippen LogP contribution < -0.4 is 22.7 Å². The van der Waals surface area contributed by atoms with Crippen LogP contribution in [0.4, 0.5) is 25.0 Å². The van der Waals surface area contributed by atoms with Gasteiger partial charge < -0.3 is 53.8 Å². The lowest BCUT2D eigenvalue weighted by Crippen LogP contribution is -2.39. The first-order valence-corrected chi connectivity index (χ1v) is 22.5. The van der Waals surface area contributed by atoms with Crippen LogP contribution in [-0.2, 0) is 28.4 Å². The number of azide groups is 1. The summed E-state index contributed by atoms with van der Waals surface area (Å²) in [5.41, 5.74) is 12.6. The van der Waals surface area contributed by atoms with Crippen LogP contribution in [0.5, 0.6) is 0 Å². The van der Waals surface area contributed by atoms with E-state index in [-0.39, 0.29) is 70.4 Å². The number of aryl methyl sites for hydroxylation is 1. The van der Waals surface area contributed by atoms with Crippen LogP contribution >= 0.6 is 33.3 Å². The number of nitrogen functional groups attached to an aromatic ring is 1. The molecule has 0 saturated carbocycles. The molecule has 0 bridgehead atoms. The van der Waals surface area contributed by atoms with E-state index >= 15 is 0 Å². The van der Waals surface area contributed by atoms with E-state index in [1.807, 2.05) is 0 Å². The van der Waals surface area contributed by atoms with Crippen molar-refractivity contribution >= 4 is 63.5 Å². The number of rotatable bonds is 20. The van der Waals surface area contributed by atoms with Crippen LogP contribution in [0.15, 0.2) is 38.0 Å². The summed E-state index contributed by atoms with van der Waals surface area (Å²) in [4.78, 5) is 100.0. The van der Waals surface area contributed by atoms with Gasteiger partial charge in [0.25, 0.3) is 5.56 Å². The SMILES string of the molecule is Cc1cn(C2CC(N=[N+]=[N-])C(COC(=O)N(C)CCN(C)C(=O)OCCSSCCOC(=O)N(C)CCN(C)C(=O)OCC3OC(n4ccc(N)nc4=O)CS3)O2)c(=O)[nH]c1=O. The molecule has 3 N–H and O–H groups in total. The van der Waals surface area contributed by atoms with Gasteiger partial charge in [0.05, 0.1) is 6.04 Å². The Bertz CT molecular complexity index is 2090. The number of hydrogen-bond donors (Lipinski definition) is 2. The van der Waals surface area contributed by atoms with Gasteiger partial charge in [0.2, 0.25) is 0 Å². The van der Waals surface area contributed by atoms with Crippen molar-refractivity contribution in [2.24, 2.45) is 5.11 Å². The van der Waals surface area contributed by atoms with Gasteiger partial charge in [-0.3, -0.25) is 18.9 Å². The van der Waals surface area contributed by atoms with Crippen molar-refractivity contribution in [1.82, 2.24) is 38.7 Å². The largest absolute Gasteiger partial charge is 0.449 e. The Morgan fingerprint density at radius 2 is 1.44 bits per heavy atom. The summed E-state index contributed by atoms with van der Waals surface area (Å²) in [5.74, 6) is 1.53. The van der Waals surface area contributed by atoms with E-state index in [4.69, 9.17) is 39.7 Å². The van der Waals surface area contributed by atoms with Crippen molar-refractivity contribution in [1.29, 1.82) is 0 Å². The second-order valence-corrected chi connectivity index (χ2v) is 17.6. The van der Waals surface area contributed by atoms with E-state index in [0.717, 1.165) is 0 Å². The van der Waals surface area contributed by atoms with Gasteiger partial charge >= 0.3 is 35.8 Å². The predicted octanol–water partition coefficient (Wildman–Crippen LogP) is 1.89. The first kappa shape index (κ1) is 49.4. The maximum atomic E-state index is 12.7. The summed E-state index contributed by atoms with van der Waals surface area (Å²) < 4.78 is 35.4. The fourth-order valence-electron chi connectivity index (χ4n) is 5.49. The van der Waals surface area contributed by atoms with Crippen molar-refractivity contribution in [2.45, 2.75) is 43.4 Å². The lowest BCUT2D eigenvalue weighted by Gasteiger charge is -2.23. The van der Waals surface area contributed by atoms with Crippen LogP contribution in [0.2, 0.25) is 0 Å². The minimum absolute atomic E-state index is 0.0347. The lowest BCUT2D eigenvalue weighted by atomic mass is 10.1. The average Bonchev–Trinajstić information content (AvgIpc) is 3.88. The molecule has 25 nitrogen and oxygen atoms in total. The fourth-order valence-corrected chi connectivity index (χ4v) is 8.13. The monoisotopic (exact) mass is 930 g/mol. The highest BCUT2D eigenvalue weighted by molar-refractivity contribution is 8.76. The number of hydrogen-bond acceptors (Lipinski definition) is 19. The molecule has 5 atom stereocenters. The molecule has 62 heavy (non-hydrogen) atoms. The highest BCUT2D eigenvalue weighted by Gasteiger charge is 2.37. The number of likely N-dealkylation sites (N-methyl/N-ethyl adjacent to an activating group) is 4. The van der Waals surface area contributed by atoms with E-state index in [1.165, 1.54) is 109 Å². The van der Waals surface area contributed by atoms with E-state index in [2.05, 4.69) is 20.0 Å². The summed E-state index contributed by atoms with van der Waals surface area (Å²) >= 11 is 1.39. The van der Waals surface area contributed by atoms with Crippen molar-refractivity contribution in [2.75, 3.05) is 104 Å². The zero-order chi connectivity index (χ0) is 45.3. The third-order valence-corrected chi connectivity index (χ3v) is 12.6. The smallest absolute Gasteiger partial charge is 0.409 e.